The zero-order valence-corrected chi connectivity index (χ0v) is 12.5. The average molecular weight is 356 g/mol. The van der Waals surface area contributed by atoms with E-state index in [2.05, 4.69) is 15.9 Å². The molecular formula is C14H11BrFNO4. The molecule has 21 heavy (non-hydrogen) atoms. The summed E-state index contributed by atoms with van der Waals surface area (Å²) in [6.07, 6.45) is -0.832. The van der Waals surface area contributed by atoms with Gasteiger partial charge in [-0.2, -0.15) is 0 Å². The highest BCUT2D eigenvalue weighted by atomic mass is 79.9. The summed E-state index contributed by atoms with van der Waals surface area (Å²) >= 11 is 3.12. The van der Waals surface area contributed by atoms with E-state index >= 15 is 0 Å². The van der Waals surface area contributed by atoms with Crippen LogP contribution in [0.5, 0.6) is 11.5 Å². The lowest BCUT2D eigenvalue weighted by Gasteiger charge is -2.09. The van der Waals surface area contributed by atoms with Gasteiger partial charge in [0.1, 0.15) is 11.6 Å². The molecule has 1 atom stereocenters. The Morgan fingerprint density at radius 1 is 1.33 bits per heavy atom. The van der Waals surface area contributed by atoms with Crippen molar-refractivity contribution in [1.82, 2.24) is 0 Å². The Hall–Kier alpha value is -1.99. The molecule has 2 aromatic rings. The van der Waals surface area contributed by atoms with Crippen LogP contribution in [0, 0.1) is 15.9 Å². The number of ether oxygens (including phenoxy) is 1. The summed E-state index contributed by atoms with van der Waals surface area (Å²) in [5, 5.41) is 20.5. The van der Waals surface area contributed by atoms with Crippen molar-refractivity contribution >= 4 is 21.6 Å². The van der Waals surface area contributed by atoms with Gasteiger partial charge in [0.15, 0.2) is 0 Å². The largest absolute Gasteiger partial charge is 0.450 e. The second-order valence-corrected chi connectivity index (χ2v) is 5.28. The molecular weight excluding hydrogens is 345 g/mol. The molecule has 0 fully saturated rings. The molecule has 2 rings (SSSR count). The number of hydrogen-bond acceptors (Lipinski definition) is 4. The first-order valence-electron chi connectivity index (χ1n) is 5.97. The van der Waals surface area contributed by atoms with Crippen molar-refractivity contribution < 1.29 is 19.2 Å². The van der Waals surface area contributed by atoms with E-state index in [0.717, 1.165) is 6.07 Å². The maximum Gasteiger partial charge on any atom is 0.311 e. The van der Waals surface area contributed by atoms with Gasteiger partial charge in [-0.3, -0.25) is 10.1 Å². The fraction of sp³-hybridized carbons (Fsp3) is 0.143. The van der Waals surface area contributed by atoms with Crippen LogP contribution in [0.15, 0.2) is 40.9 Å². The maximum atomic E-state index is 13.3. The number of nitro groups is 1. The normalized spacial score (nSPS) is 12.0. The van der Waals surface area contributed by atoms with E-state index in [9.17, 15) is 19.6 Å². The molecule has 0 aliphatic rings. The van der Waals surface area contributed by atoms with Gasteiger partial charge in [0.05, 0.1) is 11.0 Å². The van der Waals surface area contributed by atoms with E-state index in [1.54, 1.807) is 0 Å². The zero-order chi connectivity index (χ0) is 15.6. The molecule has 2 aromatic carbocycles. The van der Waals surface area contributed by atoms with Crippen LogP contribution in [0.3, 0.4) is 0 Å². The van der Waals surface area contributed by atoms with E-state index in [0.29, 0.717) is 10.0 Å². The molecule has 0 spiro atoms. The van der Waals surface area contributed by atoms with Crippen molar-refractivity contribution in [3.05, 3.63) is 62.4 Å². The van der Waals surface area contributed by atoms with E-state index in [-0.39, 0.29) is 17.2 Å². The third kappa shape index (κ3) is 3.77. The van der Waals surface area contributed by atoms with Crippen LogP contribution in [0.25, 0.3) is 0 Å². The fourth-order valence-corrected chi connectivity index (χ4v) is 2.18. The number of aliphatic hydroxyl groups is 1. The summed E-state index contributed by atoms with van der Waals surface area (Å²) in [5.41, 5.74) is 0.100. The highest BCUT2D eigenvalue weighted by molar-refractivity contribution is 9.10. The minimum Gasteiger partial charge on any atom is -0.450 e. The van der Waals surface area contributed by atoms with Crippen LogP contribution in [0.2, 0.25) is 0 Å². The van der Waals surface area contributed by atoms with Gasteiger partial charge in [-0.15, -0.1) is 0 Å². The molecule has 0 saturated carbocycles. The lowest BCUT2D eigenvalue weighted by atomic mass is 10.1. The molecule has 0 aromatic heterocycles. The average Bonchev–Trinajstić information content (AvgIpc) is 2.37. The first kappa shape index (κ1) is 15.4. The van der Waals surface area contributed by atoms with Gasteiger partial charge >= 0.3 is 5.69 Å². The number of rotatable bonds is 4. The van der Waals surface area contributed by atoms with Gasteiger partial charge in [-0.05, 0) is 30.7 Å². The van der Waals surface area contributed by atoms with Crippen LogP contribution in [-0.4, -0.2) is 10.0 Å². The lowest BCUT2D eigenvalue weighted by molar-refractivity contribution is -0.385. The first-order valence-corrected chi connectivity index (χ1v) is 6.76. The SMILES string of the molecule is CC(O)c1ccc(Oc2cc(F)cc(Br)c2)c([N+](=O)[O-])c1. The van der Waals surface area contributed by atoms with E-state index in [1.165, 1.54) is 37.3 Å². The Bertz CT molecular complexity index is 670. The Morgan fingerprint density at radius 3 is 2.62 bits per heavy atom. The minimum absolute atomic E-state index is 0.0260. The molecule has 0 radical (unpaired) electrons. The molecule has 0 saturated heterocycles. The summed E-state index contributed by atoms with van der Waals surface area (Å²) < 4.78 is 19.1. The number of nitrogens with zero attached hydrogens (tertiary/aromatic N) is 1. The van der Waals surface area contributed by atoms with Gasteiger partial charge in [0.2, 0.25) is 5.75 Å². The summed E-state index contributed by atoms with van der Waals surface area (Å²) in [6.45, 7) is 1.50. The predicted octanol–water partition coefficient (Wildman–Crippen LogP) is 4.34. The highest BCUT2D eigenvalue weighted by Gasteiger charge is 2.18. The molecule has 1 unspecified atom stereocenters. The molecule has 0 aliphatic heterocycles. The van der Waals surface area contributed by atoms with Crippen molar-refractivity contribution in [2.75, 3.05) is 0 Å². The van der Waals surface area contributed by atoms with Gasteiger partial charge in [-0.1, -0.05) is 22.0 Å². The smallest absolute Gasteiger partial charge is 0.311 e. The monoisotopic (exact) mass is 355 g/mol. The van der Waals surface area contributed by atoms with Crippen LogP contribution in [-0.2, 0) is 0 Å². The Kier molecular flexibility index (Phi) is 4.54. The molecule has 1 N–H and O–H groups in total. The number of benzene rings is 2. The topological polar surface area (TPSA) is 72.6 Å². The van der Waals surface area contributed by atoms with Crippen molar-refractivity contribution in [3.63, 3.8) is 0 Å². The van der Waals surface area contributed by atoms with Gasteiger partial charge < -0.3 is 9.84 Å². The number of hydrogen-bond donors (Lipinski definition) is 1. The molecule has 0 aliphatic carbocycles. The quantitative estimate of drug-likeness (QED) is 0.653. The Labute approximate surface area is 128 Å². The number of aliphatic hydroxyl groups excluding tert-OH is 1. The van der Waals surface area contributed by atoms with Crippen LogP contribution >= 0.6 is 15.9 Å². The van der Waals surface area contributed by atoms with E-state index in [4.69, 9.17) is 4.74 Å². The third-order valence-corrected chi connectivity index (χ3v) is 3.18. The number of nitro benzene ring substituents is 1. The summed E-state index contributed by atoms with van der Waals surface area (Å²) in [4.78, 5) is 10.5. The second-order valence-electron chi connectivity index (χ2n) is 4.37. The molecule has 0 bridgehead atoms. The molecule has 110 valence electrons. The van der Waals surface area contributed by atoms with Crippen molar-refractivity contribution in [1.29, 1.82) is 0 Å². The summed E-state index contributed by atoms with van der Waals surface area (Å²) in [5.74, 6) is -0.417. The molecule has 5 nitrogen and oxygen atoms in total. The van der Waals surface area contributed by atoms with Gasteiger partial charge in [0, 0.05) is 16.6 Å². The van der Waals surface area contributed by atoms with Crippen molar-refractivity contribution in [2.24, 2.45) is 0 Å². The predicted molar refractivity (Wildman–Crippen MR) is 77.9 cm³/mol. The van der Waals surface area contributed by atoms with Crippen LogP contribution in [0.4, 0.5) is 10.1 Å². The van der Waals surface area contributed by atoms with E-state index in [1.807, 2.05) is 0 Å². The highest BCUT2D eigenvalue weighted by Crippen LogP contribution is 2.34. The first-order chi connectivity index (χ1) is 9.86. The number of halogens is 2. The van der Waals surface area contributed by atoms with Gasteiger partial charge in [0.25, 0.3) is 0 Å². The Balaban J connectivity index is 2.41. The summed E-state index contributed by atoms with van der Waals surface area (Å²) in [7, 11) is 0. The Morgan fingerprint density at radius 2 is 2.05 bits per heavy atom. The summed E-state index contributed by atoms with van der Waals surface area (Å²) in [6, 6.07) is 7.99. The third-order valence-electron chi connectivity index (χ3n) is 2.73. The zero-order valence-electron chi connectivity index (χ0n) is 10.9. The standard InChI is InChI=1S/C14H11BrFNO4/c1-8(18)9-2-3-14(13(4-9)17(19)20)21-12-6-10(15)5-11(16)7-12/h2-8,18H,1H3. The van der Waals surface area contributed by atoms with Crippen molar-refractivity contribution in [2.45, 2.75) is 13.0 Å². The lowest BCUT2D eigenvalue weighted by Crippen LogP contribution is -1.97. The van der Waals surface area contributed by atoms with Gasteiger partial charge in [-0.25, -0.2) is 4.39 Å². The van der Waals surface area contributed by atoms with Crippen molar-refractivity contribution in [3.8, 4) is 11.5 Å². The molecule has 0 amide bonds. The second kappa shape index (κ2) is 6.19. The van der Waals surface area contributed by atoms with Crippen LogP contribution < -0.4 is 4.74 Å². The maximum absolute atomic E-state index is 13.3. The van der Waals surface area contributed by atoms with Crippen LogP contribution in [0.1, 0.15) is 18.6 Å². The minimum atomic E-state index is -0.832. The molecule has 0 heterocycles. The molecule has 7 heteroatoms. The van der Waals surface area contributed by atoms with E-state index < -0.39 is 16.8 Å². The fourth-order valence-electron chi connectivity index (χ4n) is 1.74.